The molecule has 0 aliphatic heterocycles. The molecule has 0 fully saturated rings. The van der Waals surface area contributed by atoms with Crippen LogP contribution in [0.5, 0.6) is 11.5 Å². The highest BCUT2D eigenvalue weighted by molar-refractivity contribution is 8.00. The van der Waals surface area contributed by atoms with Gasteiger partial charge in [-0.3, -0.25) is 4.79 Å². The third-order valence-electron chi connectivity index (χ3n) is 3.68. The fourth-order valence-corrected chi connectivity index (χ4v) is 3.28. The van der Waals surface area contributed by atoms with Gasteiger partial charge in [-0.05, 0) is 48.9 Å². The van der Waals surface area contributed by atoms with Gasteiger partial charge in [-0.25, -0.2) is 0 Å². The highest BCUT2D eigenvalue weighted by Gasteiger charge is 2.19. The fraction of sp³-hybridized carbons (Fsp3) is 0.316. The molecular formula is C19H23NO3S. The van der Waals surface area contributed by atoms with Gasteiger partial charge >= 0.3 is 0 Å². The van der Waals surface area contributed by atoms with Gasteiger partial charge in [0.05, 0.1) is 19.5 Å². The van der Waals surface area contributed by atoms with Gasteiger partial charge in [-0.2, -0.15) is 0 Å². The van der Waals surface area contributed by atoms with Gasteiger partial charge in [0, 0.05) is 18.5 Å². The van der Waals surface area contributed by atoms with Crippen LogP contribution in [-0.4, -0.2) is 37.3 Å². The predicted molar refractivity (Wildman–Crippen MR) is 97.8 cm³/mol. The van der Waals surface area contributed by atoms with Gasteiger partial charge in [-0.15, -0.1) is 11.8 Å². The number of carbonyl (C=O) groups excluding carboxylic acids is 1. The molecule has 0 unspecified atom stereocenters. The van der Waals surface area contributed by atoms with E-state index in [1.807, 2.05) is 62.5 Å². The molecule has 1 amide bonds. The number of ether oxygens (including phenoxy) is 2. The Balaban J connectivity index is 1.92. The third kappa shape index (κ3) is 4.93. The Labute approximate surface area is 147 Å². The number of benzene rings is 2. The molecule has 0 aliphatic rings. The quantitative estimate of drug-likeness (QED) is 0.715. The maximum atomic E-state index is 12.6. The second kappa shape index (κ2) is 8.64. The molecule has 5 heteroatoms. The van der Waals surface area contributed by atoms with E-state index in [0.29, 0.717) is 6.54 Å². The second-order valence-corrected chi connectivity index (χ2v) is 6.89. The summed E-state index contributed by atoms with van der Waals surface area (Å²) in [5, 5.41) is -0.151. The zero-order chi connectivity index (χ0) is 17.5. The molecule has 1 atom stereocenters. The lowest BCUT2D eigenvalue weighted by Gasteiger charge is -2.21. The summed E-state index contributed by atoms with van der Waals surface area (Å²) in [6, 6.07) is 15.5. The van der Waals surface area contributed by atoms with Crippen LogP contribution in [0.1, 0.15) is 12.5 Å². The van der Waals surface area contributed by atoms with Crippen LogP contribution in [0.3, 0.4) is 0 Å². The number of amides is 1. The van der Waals surface area contributed by atoms with Crippen molar-refractivity contribution in [1.29, 1.82) is 0 Å². The molecule has 0 radical (unpaired) electrons. The monoisotopic (exact) mass is 345 g/mol. The van der Waals surface area contributed by atoms with Crippen molar-refractivity contribution < 1.29 is 14.3 Å². The minimum atomic E-state index is -0.151. The number of thioether (sulfide) groups is 1. The van der Waals surface area contributed by atoms with Gasteiger partial charge in [0.15, 0.2) is 0 Å². The van der Waals surface area contributed by atoms with Crippen LogP contribution >= 0.6 is 11.8 Å². The van der Waals surface area contributed by atoms with Crippen LogP contribution in [0.15, 0.2) is 53.4 Å². The van der Waals surface area contributed by atoms with E-state index in [1.165, 1.54) is 0 Å². The average molecular weight is 345 g/mol. The van der Waals surface area contributed by atoms with E-state index in [9.17, 15) is 4.79 Å². The van der Waals surface area contributed by atoms with Crippen LogP contribution in [0, 0.1) is 0 Å². The summed E-state index contributed by atoms with van der Waals surface area (Å²) < 4.78 is 10.3. The van der Waals surface area contributed by atoms with Crippen molar-refractivity contribution in [1.82, 2.24) is 4.90 Å². The van der Waals surface area contributed by atoms with Crippen molar-refractivity contribution in [3.05, 3.63) is 54.1 Å². The van der Waals surface area contributed by atoms with E-state index in [2.05, 4.69) is 0 Å². The summed E-state index contributed by atoms with van der Waals surface area (Å²) in [5.41, 5.74) is 1.08. The molecule has 2 aromatic carbocycles. The van der Waals surface area contributed by atoms with E-state index >= 15 is 0 Å². The van der Waals surface area contributed by atoms with E-state index in [-0.39, 0.29) is 11.2 Å². The minimum Gasteiger partial charge on any atom is -0.497 e. The Kier molecular flexibility index (Phi) is 6.55. The number of rotatable bonds is 7. The average Bonchev–Trinajstić information content (AvgIpc) is 2.62. The highest BCUT2D eigenvalue weighted by atomic mass is 32.2. The molecule has 4 nitrogen and oxygen atoms in total. The zero-order valence-electron chi connectivity index (χ0n) is 14.5. The van der Waals surface area contributed by atoms with Gasteiger partial charge in [-0.1, -0.05) is 12.1 Å². The maximum absolute atomic E-state index is 12.6. The van der Waals surface area contributed by atoms with Crippen LogP contribution in [0.25, 0.3) is 0 Å². The molecule has 2 rings (SSSR count). The van der Waals surface area contributed by atoms with Crippen molar-refractivity contribution in [3.8, 4) is 11.5 Å². The topological polar surface area (TPSA) is 38.8 Å². The Morgan fingerprint density at radius 1 is 1.00 bits per heavy atom. The lowest BCUT2D eigenvalue weighted by molar-refractivity contribution is -0.129. The van der Waals surface area contributed by atoms with E-state index in [0.717, 1.165) is 22.0 Å². The Morgan fingerprint density at radius 2 is 1.50 bits per heavy atom. The largest absolute Gasteiger partial charge is 0.497 e. The summed E-state index contributed by atoms with van der Waals surface area (Å²) in [7, 11) is 5.11. The highest BCUT2D eigenvalue weighted by Crippen LogP contribution is 2.26. The summed E-state index contributed by atoms with van der Waals surface area (Å²) >= 11 is 1.55. The summed E-state index contributed by atoms with van der Waals surface area (Å²) in [6.45, 7) is 2.51. The van der Waals surface area contributed by atoms with Crippen LogP contribution < -0.4 is 9.47 Å². The van der Waals surface area contributed by atoms with Gasteiger partial charge in [0.25, 0.3) is 0 Å². The first kappa shape index (κ1) is 18.2. The Hall–Kier alpha value is -2.14. The molecule has 0 saturated heterocycles. The first-order valence-electron chi connectivity index (χ1n) is 7.72. The first-order valence-corrected chi connectivity index (χ1v) is 8.60. The number of methoxy groups -OCH3 is 2. The van der Waals surface area contributed by atoms with Crippen LogP contribution in [0.4, 0.5) is 0 Å². The van der Waals surface area contributed by atoms with Gasteiger partial charge in [0.1, 0.15) is 11.5 Å². The van der Waals surface area contributed by atoms with Crippen molar-refractivity contribution in [2.24, 2.45) is 0 Å². The van der Waals surface area contributed by atoms with E-state index in [1.54, 1.807) is 30.9 Å². The molecule has 0 aliphatic carbocycles. The number of carbonyl (C=O) groups is 1. The molecule has 0 N–H and O–H groups in total. The van der Waals surface area contributed by atoms with Crippen LogP contribution in [-0.2, 0) is 11.3 Å². The summed E-state index contributed by atoms with van der Waals surface area (Å²) in [6.07, 6.45) is 0. The van der Waals surface area contributed by atoms with Gasteiger partial charge < -0.3 is 14.4 Å². The van der Waals surface area contributed by atoms with Crippen molar-refractivity contribution in [3.63, 3.8) is 0 Å². The number of hydrogen-bond donors (Lipinski definition) is 0. The summed E-state index contributed by atoms with van der Waals surface area (Å²) in [4.78, 5) is 15.4. The molecule has 0 bridgehead atoms. The van der Waals surface area contributed by atoms with E-state index < -0.39 is 0 Å². The number of nitrogens with zero attached hydrogens (tertiary/aromatic N) is 1. The standard InChI is InChI=1S/C19H23NO3S/c1-14(24-18-11-9-17(23-4)10-12-18)19(21)20(2)13-15-5-7-16(22-3)8-6-15/h5-12,14H,13H2,1-4H3/t14-/m0/s1. The van der Waals surface area contributed by atoms with Crippen molar-refractivity contribution in [2.45, 2.75) is 23.6 Å². The number of hydrogen-bond acceptors (Lipinski definition) is 4. The van der Waals surface area contributed by atoms with Crippen molar-refractivity contribution in [2.75, 3.05) is 21.3 Å². The SMILES string of the molecule is COc1ccc(CN(C)C(=O)[C@H](C)Sc2ccc(OC)cc2)cc1. The molecule has 2 aromatic rings. The Morgan fingerprint density at radius 3 is 2.00 bits per heavy atom. The van der Waals surface area contributed by atoms with Gasteiger partial charge in [0.2, 0.25) is 5.91 Å². The Bertz CT molecular complexity index is 598. The predicted octanol–water partition coefficient (Wildman–Crippen LogP) is 3.84. The fourth-order valence-electron chi connectivity index (χ4n) is 2.30. The third-order valence-corrected chi connectivity index (χ3v) is 4.77. The maximum Gasteiger partial charge on any atom is 0.235 e. The molecule has 0 heterocycles. The lowest BCUT2D eigenvalue weighted by Crippen LogP contribution is -2.32. The first-order chi connectivity index (χ1) is 11.5. The molecule has 0 saturated carbocycles. The van der Waals surface area contributed by atoms with Crippen molar-refractivity contribution >= 4 is 17.7 Å². The smallest absolute Gasteiger partial charge is 0.235 e. The second-order valence-electron chi connectivity index (χ2n) is 5.48. The molecule has 24 heavy (non-hydrogen) atoms. The molecular weight excluding hydrogens is 322 g/mol. The van der Waals surface area contributed by atoms with Crippen LogP contribution in [0.2, 0.25) is 0 Å². The normalized spacial score (nSPS) is 11.7. The molecule has 128 valence electrons. The zero-order valence-corrected chi connectivity index (χ0v) is 15.3. The minimum absolute atomic E-state index is 0.103. The van der Waals surface area contributed by atoms with E-state index in [4.69, 9.17) is 9.47 Å². The molecule has 0 spiro atoms. The summed E-state index contributed by atoms with van der Waals surface area (Å²) in [5.74, 6) is 1.73. The lowest BCUT2D eigenvalue weighted by atomic mass is 10.2. The molecule has 0 aromatic heterocycles.